The molecule has 9 nitrogen and oxygen atoms in total. The van der Waals surface area contributed by atoms with Gasteiger partial charge in [-0.3, -0.25) is 9.69 Å². The molecule has 1 aliphatic heterocycles. The van der Waals surface area contributed by atoms with Crippen molar-refractivity contribution in [3.05, 3.63) is 53.4 Å². The number of aromatic nitrogens is 3. The van der Waals surface area contributed by atoms with E-state index in [9.17, 15) is 9.18 Å². The number of carbonyl (C=O) groups is 1. The molecular weight excluding hydrogens is 653 g/mol. The minimum absolute atomic E-state index is 0.00792. The number of piperazine rings is 1. The van der Waals surface area contributed by atoms with Crippen LogP contribution in [0, 0.1) is 11.7 Å². The Morgan fingerprint density at radius 1 is 1.11 bits per heavy atom. The number of hydrogen-bond acceptors (Lipinski definition) is 9. The lowest BCUT2D eigenvalue weighted by Crippen LogP contribution is -2.48. The Kier molecular flexibility index (Phi) is 11.6. The second kappa shape index (κ2) is 15.3. The zero-order chi connectivity index (χ0) is 33.8. The maximum Gasteiger partial charge on any atom is 0.228 e. The monoisotopic (exact) mass is 699 g/mol. The molecule has 1 amide bonds. The standard InChI is InChI=1S/C34H47ClFN7O2SSi/c1-34(2,3)47(5,6)45-17-18-46-33-30(22-29(40-41-33)27-20-24(35)8-10-28(27)36)38-25-11-12-37-31(21-25)39-32(44)23-7-9-26(19-23)43-15-13-42(4)14-16-43/h8,10-12,20-23,26H,7,9,13-19H2,1-6H3,(H2,37,38,39,40,44)/t23-,26-/m1/s1. The van der Waals surface area contributed by atoms with Crippen LogP contribution in [0.5, 0.6) is 0 Å². The molecule has 2 aliphatic rings. The van der Waals surface area contributed by atoms with Crippen molar-refractivity contribution < 1.29 is 13.6 Å². The van der Waals surface area contributed by atoms with Crippen molar-refractivity contribution >= 4 is 54.8 Å². The van der Waals surface area contributed by atoms with Crippen LogP contribution in [0.4, 0.5) is 21.6 Å². The van der Waals surface area contributed by atoms with Gasteiger partial charge in [0.15, 0.2) is 8.32 Å². The summed E-state index contributed by atoms with van der Waals surface area (Å²) in [5, 5.41) is 16.5. The lowest BCUT2D eigenvalue weighted by molar-refractivity contribution is -0.119. The lowest BCUT2D eigenvalue weighted by Gasteiger charge is -2.36. The first-order valence-electron chi connectivity index (χ1n) is 16.4. The van der Waals surface area contributed by atoms with E-state index in [1.54, 1.807) is 24.4 Å². The average Bonchev–Trinajstić information content (AvgIpc) is 3.52. The van der Waals surface area contributed by atoms with Crippen LogP contribution in [0.1, 0.15) is 40.0 Å². The van der Waals surface area contributed by atoms with Crippen molar-refractivity contribution in [1.82, 2.24) is 25.0 Å². The van der Waals surface area contributed by atoms with Gasteiger partial charge in [-0.05, 0) is 74.8 Å². The zero-order valence-electron chi connectivity index (χ0n) is 28.3. The Hall–Kier alpha value is -2.61. The summed E-state index contributed by atoms with van der Waals surface area (Å²) in [5.74, 6) is 0.689. The quantitative estimate of drug-likeness (QED) is 0.120. The average molecular weight is 700 g/mol. The molecule has 0 bridgehead atoms. The summed E-state index contributed by atoms with van der Waals surface area (Å²) in [7, 11) is 0.267. The van der Waals surface area contributed by atoms with Gasteiger partial charge < -0.3 is 20.0 Å². The summed E-state index contributed by atoms with van der Waals surface area (Å²) in [6.45, 7) is 16.0. The molecule has 3 aromatic rings. The minimum Gasteiger partial charge on any atom is -0.416 e. The van der Waals surface area contributed by atoms with Gasteiger partial charge in [0, 0.05) is 79.0 Å². The number of hydrogen-bond donors (Lipinski definition) is 2. The van der Waals surface area contributed by atoms with Gasteiger partial charge in [0.2, 0.25) is 5.91 Å². The van der Waals surface area contributed by atoms with Gasteiger partial charge in [0.1, 0.15) is 16.7 Å². The van der Waals surface area contributed by atoms with Crippen LogP contribution in [0.15, 0.2) is 47.6 Å². The number of halogens is 2. The fourth-order valence-corrected chi connectivity index (χ4v) is 7.82. The summed E-state index contributed by atoms with van der Waals surface area (Å²) in [6.07, 6.45) is 4.46. The number of carbonyl (C=O) groups excluding carboxylic acids is 1. The van der Waals surface area contributed by atoms with E-state index in [2.05, 4.69) is 76.5 Å². The van der Waals surface area contributed by atoms with Crippen molar-refractivity contribution in [1.29, 1.82) is 0 Å². The number of rotatable bonds is 11. The summed E-state index contributed by atoms with van der Waals surface area (Å²) < 4.78 is 21.2. The largest absolute Gasteiger partial charge is 0.416 e. The van der Waals surface area contributed by atoms with E-state index in [0.29, 0.717) is 51.3 Å². The minimum atomic E-state index is -1.89. The summed E-state index contributed by atoms with van der Waals surface area (Å²) >= 11 is 7.71. The van der Waals surface area contributed by atoms with Crippen LogP contribution in [-0.2, 0) is 9.22 Å². The smallest absolute Gasteiger partial charge is 0.228 e. The SMILES string of the molecule is CN1CCN([C@@H]2CC[C@@H](C(=O)Nc3cc(Nc4cc(-c5cc(Cl)ccc5F)nnc4SCCO[Si](C)(C)C(C)(C)C)ccn3)C2)CC1. The Labute approximate surface area is 288 Å². The van der Waals surface area contributed by atoms with Gasteiger partial charge in [-0.15, -0.1) is 22.0 Å². The Morgan fingerprint density at radius 2 is 1.87 bits per heavy atom. The Balaban J connectivity index is 1.29. The van der Waals surface area contributed by atoms with E-state index < -0.39 is 14.1 Å². The third-order valence-electron chi connectivity index (χ3n) is 9.68. The lowest BCUT2D eigenvalue weighted by atomic mass is 10.1. The summed E-state index contributed by atoms with van der Waals surface area (Å²) in [5.41, 5.74) is 1.98. The van der Waals surface area contributed by atoms with Crippen molar-refractivity contribution in [3.63, 3.8) is 0 Å². The Bertz CT molecular complexity index is 1550. The van der Waals surface area contributed by atoms with E-state index >= 15 is 0 Å². The van der Waals surface area contributed by atoms with E-state index in [4.69, 9.17) is 16.0 Å². The van der Waals surface area contributed by atoms with E-state index in [1.807, 2.05) is 6.07 Å². The first-order chi connectivity index (χ1) is 22.3. The van der Waals surface area contributed by atoms with E-state index in [1.165, 1.54) is 23.9 Å². The highest BCUT2D eigenvalue weighted by Gasteiger charge is 2.37. The third-order valence-corrected chi connectivity index (χ3v) is 15.4. The third kappa shape index (κ3) is 9.30. The molecule has 1 saturated heterocycles. The predicted molar refractivity (Wildman–Crippen MR) is 193 cm³/mol. The molecule has 13 heteroatoms. The number of amides is 1. The van der Waals surface area contributed by atoms with Gasteiger partial charge >= 0.3 is 0 Å². The van der Waals surface area contributed by atoms with Crippen molar-refractivity contribution in [2.24, 2.45) is 5.92 Å². The van der Waals surface area contributed by atoms with Gasteiger partial charge in [-0.25, -0.2) is 9.37 Å². The molecule has 0 radical (unpaired) electrons. The molecule has 1 aliphatic carbocycles. The highest BCUT2D eigenvalue weighted by molar-refractivity contribution is 7.99. The molecule has 1 aromatic carbocycles. The maximum absolute atomic E-state index is 14.8. The van der Waals surface area contributed by atoms with E-state index in [-0.39, 0.29) is 22.4 Å². The van der Waals surface area contributed by atoms with Gasteiger partial charge in [0.25, 0.3) is 0 Å². The topological polar surface area (TPSA) is 95.5 Å². The van der Waals surface area contributed by atoms with Gasteiger partial charge in [0.05, 0.1) is 11.4 Å². The van der Waals surface area contributed by atoms with Crippen LogP contribution in [0.3, 0.4) is 0 Å². The molecule has 5 rings (SSSR count). The second-order valence-electron chi connectivity index (χ2n) is 14.1. The van der Waals surface area contributed by atoms with Crippen LogP contribution < -0.4 is 10.6 Å². The molecule has 1 saturated carbocycles. The molecular formula is C34H47ClFN7O2SSi. The molecule has 0 unspecified atom stereocenters. The number of anilines is 3. The number of thioether (sulfide) groups is 1. The second-order valence-corrected chi connectivity index (χ2v) is 20.4. The number of nitrogens with zero attached hydrogens (tertiary/aromatic N) is 5. The van der Waals surface area contributed by atoms with Gasteiger partial charge in [-0.1, -0.05) is 32.4 Å². The maximum atomic E-state index is 14.8. The number of likely N-dealkylation sites (N-methyl/N-ethyl adjacent to an activating group) is 1. The zero-order valence-corrected chi connectivity index (χ0v) is 30.8. The highest BCUT2D eigenvalue weighted by atomic mass is 35.5. The molecule has 2 atom stereocenters. The predicted octanol–water partition coefficient (Wildman–Crippen LogP) is 7.54. The van der Waals surface area contributed by atoms with Crippen LogP contribution in [0.25, 0.3) is 11.3 Å². The first kappa shape index (κ1) is 35.7. The van der Waals surface area contributed by atoms with Crippen molar-refractivity contribution in [2.75, 3.05) is 56.2 Å². The van der Waals surface area contributed by atoms with Crippen molar-refractivity contribution in [3.8, 4) is 11.3 Å². The molecule has 2 aromatic heterocycles. The molecule has 3 heterocycles. The fraction of sp³-hybridized carbons (Fsp3) is 0.529. The number of benzene rings is 1. The molecule has 254 valence electrons. The molecule has 47 heavy (non-hydrogen) atoms. The molecule has 2 N–H and O–H groups in total. The van der Waals surface area contributed by atoms with Crippen molar-refractivity contribution in [2.45, 2.75) is 69.2 Å². The van der Waals surface area contributed by atoms with Gasteiger partial charge in [-0.2, -0.15) is 0 Å². The normalized spacial score (nSPS) is 19.6. The van der Waals surface area contributed by atoms with E-state index in [0.717, 1.165) is 45.4 Å². The summed E-state index contributed by atoms with van der Waals surface area (Å²) in [6, 6.07) is 10.2. The number of pyridine rings is 1. The Morgan fingerprint density at radius 3 is 2.62 bits per heavy atom. The summed E-state index contributed by atoms with van der Waals surface area (Å²) in [4.78, 5) is 22.6. The number of nitrogens with one attached hydrogen (secondary N) is 2. The first-order valence-corrected chi connectivity index (χ1v) is 20.6. The highest BCUT2D eigenvalue weighted by Crippen LogP contribution is 2.38. The molecule has 2 fully saturated rings. The van der Waals surface area contributed by atoms with Crippen LogP contribution >= 0.6 is 23.4 Å². The fourth-order valence-electron chi connectivity index (χ4n) is 5.73. The van der Waals surface area contributed by atoms with Crippen LogP contribution in [0.2, 0.25) is 23.2 Å². The molecule has 0 spiro atoms. The van der Waals surface area contributed by atoms with Crippen LogP contribution in [-0.4, -0.2) is 90.8 Å².